The number of carbonyl (C=O) groups excluding carboxylic acids is 4. The number of hydrogen-bond donors (Lipinski definition) is 4. The predicted molar refractivity (Wildman–Crippen MR) is 114 cm³/mol. The molecule has 0 aromatic heterocycles. The zero-order valence-corrected chi connectivity index (χ0v) is 18.2. The fourth-order valence-corrected chi connectivity index (χ4v) is 2.69. The Hall–Kier alpha value is -3.30. The van der Waals surface area contributed by atoms with Crippen LogP contribution >= 0.6 is 0 Å². The Labute approximate surface area is 182 Å². The van der Waals surface area contributed by atoms with Crippen molar-refractivity contribution in [2.75, 3.05) is 6.61 Å². The number of primary amides is 2. The fourth-order valence-electron chi connectivity index (χ4n) is 2.69. The largest absolute Gasteiger partial charge is 0.450 e. The Balaban J connectivity index is 2.79. The molecule has 0 aliphatic carbocycles. The molecule has 0 radical (unpaired) electrons. The maximum Gasteiger partial charge on any atom is 0.408 e. The van der Waals surface area contributed by atoms with Crippen LogP contribution in [0.15, 0.2) is 30.3 Å². The van der Waals surface area contributed by atoms with E-state index < -0.39 is 41.7 Å². The van der Waals surface area contributed by atoms with Crippen molar-refractivity contribution >= 4 is 24.0 Å². The molecule has 2 unspecified atom stereocenters. The lowest BCUT2D eigenvalue weighted by molar-refractivity contribution is -0.128. The lowest BCUT2D eigenvalue weighted by atomic mass is 10.0. The van der Waals surface area contributed by atoms with Gasteiger partial charge in [-0.3, -0.25) is 9.59 Å². The monoisotopic (exact) mass is 436 g/mol. The van der Waals surface area contributed by atoms with Crippen LogP contribution in [-0.2, 0) is 25.5 Å². The van der Waals surface area contributed by atoms with Crippen molar-refractivity contribution in [3.05, 3.63) is 35.9 Å². The third-order valence-corrected chi connectivity index (χ3v) is 4.08. The van der Waals surface area contributed by atoms with Gasteiger partial charge in [0.15, 0.2) is 0 Å². The van der Waals surface area contributed by atoms with Gasteiger partial charge < -0.3 is 31.6 Å². The van der Waals surface area contributed by atoms with E-state index in [1.807, 2.05) is 30.3 Å². The first-order chi connectivity index (χ1) is 14.5. The topological polar surface area (TPSA) is 163 Å². The van der Waals surface area contributed by atoms with Gasteiger partial charge in [-0.25, -0.2) is 9.59 Å². The molecule has 10 nitrogen and oxygen atoms in total. The molecule has 1 rings (SSSR count). The first kappa shape index (κ1) is 25.7. The van der Waals surface area contributed by atoms with Crippen LogP contribution in [0.1, 0.15) is 45.6 Å². The molecule has 172 valence electrons. The van der Waals surface area contributed by atoms with Crippen LogP contribution < -0.4 is 22.1 Å². The van der Waals surface area contributed by atoms with Crippen molar-refractivity contribution in [2.24, 2.45) is 11.5 Å². The molecule has 31 heavy (non-hydrogen) atoms. The number of alkyl carbamates (subject to hydrolysis) is 1. The Morgan fingerprint density at radius 3 is 2.16 bits per heavy atom. The molecule has 6 N–H and O–H groups in total. The van der Waals surface area contributed by atoms with Crippen molar-refractivity contribution in [3.63, 3.8) is 0 Å². The summed E-state index contributed by atoms with van der Waals surface area (Å²) >= 11 is 0. The summed E-state index contributed by atoms with van der Waals surface area (Å²) in [4.78, 5) is 47.5. The molecule has 0 aliphatic heterocycles. The highest BCUT2D eigenvalue weighted by Gasteiger charge is 2.27. The number of carbonyl (C=O) groups is 4. The second kappa shape index (κ2) is 12.4. The number of rotatable bonds is 11. The average molecular weight is 437 g/mol. The molecule has 10 heteroatoms. The van der Waals surface area contributed by atoms with E-state index in [9.17, 15) is 19.2 Å². The highest BCUT2D eigenvalue weighted by atomic mass is 16.6. The maximum absolute atomic E-state index is 12.9. The number of amides is 4. The van der Waals surface area contributed by atoms with Crippen LogP contribution in [0.2, 0.25) is 0 Å². The van der Waals surface area contributed by atoms with Crippen molar-refractivity contribution in [3.8, 4) is 0 Å². The lowest BCUT2D eigenvalue weighted by Gasteiger charge is -2.25. The van der Waals surface area contributed by atoms with Gasteiger partial charge in [0, 0.05) is 6.42 Å². The SMILES string of the molecule is CC(C)(C)OC(=O)NC(Cc1ccccc1)C(=O)NC(CCCCOC(N)=O)C(N)=O. The van der Waals surface area contributed by atoms with E-state index in [2.05, 4.69) is 15.4 Å². The van der Waals surface area contributed by atoms with Gasteiger partial charge in [0.25, 0.3) is 0 Å². The Bertz CT molecular complexity index is 748. The predicted octanol–water partition coefficient (Wildman–Crippen LogP) is 1.36. The quantitative estimate of drug-likeness (QED) is 0.383. The van der Waals surface area contributed by atoms with Gasteiger partial charge in [-0.2, -0.15) is 0 Å². The van der Waals surface area contributed by atoms with Crippen LogP contribution in [0.5, 0.6) is 0 Å². The molecule has 0 bridgehead atoms. The summed E-state index contributed by atoms with van der Waals surface area (Å²) in [6, 6.07) is 7.20. The molecule has 0 aliphatic rings. The smallest absolute Gasteiger partial charge is 0.408 e. The van der Waals surface area contributed by atoms with Gasteiger partial charge in [-0.1, -0.05) is 30.3 Å². The Morgan fingerprint density at radius 1 is 0.968 bits per heavy atom. The molecule has 2 atom stereocenters. The second-order valence-electron chi connectivity index (χ2n) is 8.02. The third kappa shape index (κ3) is 11.5. The molecule has 0 fully saturated rings. The number of hydrogen-bond acceptors (Lipinski definition) is 6. The van der Waals surface area contributed by atoms with Gasteiger partial charge in [0.1, 0.15) is 17.7 Å². The molecule has 1 aromatic rings. The van der Waals surface area contributed by atoms with E-state index in [0.29, 0.717) is 12.8 Å². The van der Waals surface area contributed by atoms with Gasteiger partial charge in [0.05, 0.1) is 6.61 Å². The number of unbranched alkanes of at least 4 members (excludes halogenated alkanes) is 1. The fraction of sp³-hybridized carbons (Fsp3) is 0.524. The van der Waals surface area contributed by atoms with Crippen molar-refractivity contribution in [2.45, 2.75) is 64.1 Å². The normalized spacial score (nSPS) is 12.9. The summed E-state index contributed by atoms with van der Waals surface area (Å²) in [5.74, 6) is -1.27. The van der Waals surface area contributed by atoms with E-state index in [1.54, 1.807) is 20.8 Å². The summed E-state index contributed by atoms with van der Waals surface area (Å²) in [7, 11) is 0. The van der Waals surface area contributed by atoms with E-state index >= 15 is 0 Å². The highest BCUT2D eigenvalue weighted by Crippen LogP contribution is 2.09. The first-order valence-electron chi connectivity index (χ1n) is 10.0. The number of nitrogens with two attached hydrogens (primary N) is 2. The minimum absolute atomic E-state index is 0.103. The standard InChI is InChI=1S/C21H32N4O6/c1-21(2,3)31-20(29)25-16(13-14-9-5-4-6-10-14)18(27)24-15(17(22)26)11-7-8-12-30-19(23)28/h4-6,9-10,15-16H,7-8,11-13H2,1-3H3,(H2,22,26)(H2,23,28)(H,24,27)(H,25,29). The van der Waals surface area contributed by atoms with E-state index in [1.165, 1.54) is 0 Å². The molecular weight excluding hydrogens is 404 g/mol. The lowest BCUT2D eigenvalue weighted by Crippen LogP contribution is -2.54. The zero-order chi connectivity index (χ0) is 23.4. The highest BCUT2D eigenvalue weighted by molar-refractivity contribution is 5.90. The van der Waals surface area contributed by atoms with Gasteiger partial charge >= 0.3 is 12.2 Å². The zero-order valence-electron chi connectivity index (χ0n) is 18.2. The minimum Gasteiger partial charge on any atom is -0.450 e. The minimum atomic E-state index is -0.975. The molecule has 0 heterocycles. The van der Waals surface area contributed by atoms with Crippen molar-refractivity contribution < 1.29 is 28.7 Å². The summed E-state index contributed by atoms with van der Waals surface area (Å²) < 4.78 is 9.87. The molecule has 0 spiro atoms. The number of nitrogens with one attached hydrogen (secondary N) is 2. The van der Waals surface area contributed by atoms with Crippen molar-refractivity contribution in [1.82, 2.24) is 10.6 Å². The van der Waals surface area contributed by atoms with Crippen LogP contribution in [-0.4, -0.2) is 48.3 Å². The summed E-state index contributed by atoms with van der Waals surface area (Å²) in [6.07, 6.45) is -0.271. The maximum atomic E-state index is 12.9. The summed E-state index contributed by atoms with van der Waals surface area (Å²) in [6.45, 7) is 5.24. The van der Waals surface area contributed by atoms with Crippen LogP contribution in [0.3, 0.4) is 0 Å². The van der Waals surface area contributed by atoms with E-state index in [0.717, 1.165) is 5.56 Å². The second-order valence-corrected chi connectivity index (χ2v) is 8.02. The first-order valence-corrected chi connectivity index (χ1v) is 10.0. The number of ether oxygens (including phenoxy) is 2. The van der Waals surface area contributed by atoms with Crippen LogP contribution in [0.25, 0.3) is 0 Å². The van der Waals surface area contributed by atoms with Crippen LogP contribution in [0.4, 0.5) is 9.59 Å². The molecular formula is C21H32N4O6. The van der Waals surface area contributed by atoms with Gasteiger partial charge in [0.2, 0.25) is 11.8 Å². The molecule has 0 saturated heterocycles. The molecule has 1 aromatic carbocycles. The van der Waals surface area contributed by atoms with Gasteiger partial charge in [-0.05, 0) is 45.6 Å². The molecule has 0 saturated carbocycles. The van der Waals surface area contributed by atoms with E-state index in [-0.39, 0.29) is 19.4 Å². The number of benzene rings is 1. The molecule has 4 amide bonds. The van der Waals surface area contributed by atoms with Crippen molar-refractivity contribution in [1.29, 1.82) is 0 Å². The Kier molecular flexibility index (Phi) is 10.3. The van der Waals surface area contributed by atoms with E-state index in [4.69, 9.17) is 16.2 Å². The summed E-state index contributed by atoms with van der Waals surface area (Å²) in [5, 5.41) is 5.15. The average Bonchev–Trinajstić information content (AvgIpc) is 2.65. The van der Waals surface area contributed by atoms with Crippen LogP contribution in [0, 0.1) is 0 Å². The summed E-state index contributed by atoms with van der Waals surface area (Å²) in [5.41, 5.74) is 10.4. The third-order valence-electron chi connectivity index (χ3n) is 4.08. The van der Waals surface area contributed by atoms with Gasteiger partial charge in [-0.15, -0.1) is 0 Å². The Morgan fingerprint density at radius 2 is 1.61 bits per heavy atom.